The van der Waals surface area contributed by atoms with Gasteiger partial charge < -0.3 is 4.74 Å². The van der Waals surface area contributed by atoms with Gasteiger partial charge in [-0.1, -0.05) is 0 Å². The summed E-state index contributed by atoms with van der Waals surface area (Å²) < 4.78 is 5.75. The van der Waals surface area contributed by atoms with Crippen LogP contribution in [0.25, 0.3) is 0 Å². The molecule has 5 nitrogen and oxygen atoms in total. The number of aryl methyl sites for hydroxylation is 1. The fourth-order valence-corrected chi connectivity index (χ4v) is 5.06. The summed E-state index contributed by atoms with van der Waals surface area (Å²) in [6.07, 6.45) is 1.50. The first kappa shape index (κ1) is 15.6. The van der Waals surface area contributed by atoms with Gasteiger partial charge in [-0.05, 0) is 30.4 Å². The number of likely N-dealkylation sites (tertiary alicyclic amines) is 1. The molecule has 0 N–H and O–H groups in total. The molecule has 0 unspecified atom stereocenters. The van der Waals surface area contributed by atoms with Crippen molar-refractivity contribution in [2.75, 3.05) is 39.5 Å². The largest absolute Gasteiger partial charge is 0.380 e. The fraction of sp³-hybridized carbons (Fsp3) is 0.706. The van der Waals surface area contributed by atoms with Crippen LogP contribution in [-0.4, -0.2) is 55.3 Å². The van der Waals surface area contributed by atoms with Crippen molar-refractivity contribution in [2.24, 2.45) is 11.3 Å². The van der Waals surface area contributed by atoms with E-state index in [1.165, 1.54) is 10.4 Å². The minimum atomic E-state index is -0.0196. The number of nitrogens with zero attached hydrogens (tertiary/aromatic N) is 2. The molecule has 4 heterocycles. The van der Waals surface area contributed by atoms with E-state index in [2.05, 4.69) is 23.3 Å². The Balaban J connectivity index is 1.44. The van der Waals surface area contributed by atoms with E-state index >= 15 is 0 Å². The Hall–Kier alpha value is -0.950. The zero-order valence-electron chi connectivity index (χ0n) is 13.6. The van der Waals surface area contributed by atoms with Crippen LogP contribution in [0.3, 0.4) is 0 Å². The lowest BCUT2D eigenvalue weighted by Gasteiger charge is -2.28. The molecule has 0 saturated carbocycles. The van der Waals surface area contributed by atoms with Crippen LogP contribution in [0.2, 0.25) is 0 Å². The number of fused-ring (bicyclic) bond motifs is 1. The van der Waals surface area contributed by atoms with E-state index in [9.17, 15) is 4.79 Å². The van der Waals surface area contributed by atoms with Crippen LogP contribution in [0.15, 0.2) is 11.4 Å². The zero-order valence-corrected chi connectivity index (χ0v) is 14.4. The Labute approximate surface area is 141 Å². The first-order chi connectivity index (χ1) is 11.2. The van der Waals surface area contributed by atoms with Crippen LogP contribution in [-0.2, 0) is 20.9 Å². The first-order valence-corrected chi connectivity index (χ1v) is 9.31. The van der Waals surface area contributed by atoms with Gasteiger partial charge in [0, 0.05) is 42.3 Å². The highest BCUT2D eigenvalue weighted by molar-refractivity contribution is 7.10. The average molecular weight is 336 g/mol. The van der Waals surface area contributed by atoms with E-state index in [-0.39, 0.29) is 11.3 Å². The van der Waals surface area contributed by atoms with Crippen LogP contribution < -0.4 is 0 Å². The molecule has 3 saturated heterocycles. The molecule has 0 aliphatic carbocycles. The summed E-state index contributed by atoms with van der Waals surface area (Å²) in [6, 6.07) is 2.18. The lowest BCUT2D eigenvalue weighted by molar-refractivity contribution is -0.171. The molecular formula is C17H24N2O3S. The number of rotatable bonds is 4. The maximum Gasteiger partial charge on any atom is 0.246 e. The minimum absolute atomic E-state index is 0.0196. The highest BCUT2D eigenvalue weighted by Crippen LogP contribution is 2.45. The Morgan fingerprint density at radius 2 is 2.43 bits per heavy atom. The molecule has 0 radical (unpaired) electrons. The molecule has 23 heavy (non-hydrogen) atoms. The van der Waals surface area contributed by atoms with Gasteiger partial charge in [-0.15, -0.1) is 11.3 Å². The highest BCUT2D eigenvalue weighted by Gasteiger charge is 2.52. The molecule has 3 fully saturated rings. The Morgan fingerprint density at radius 3 is 3.17 bits per heavy atom. The number of hydrogen-bond donors (Lipinski definition) is 0. The number of thiophene rings is 1. The lowest BCUT2D eigenvalue weighted by Crippen LogP contribution is -2.38. The van der Waals surface area contributed by atoms with Gasteiger partial charge >= 0.3 is 0 Å². The molecule has 1 aromatic heterocycles. The van der Waals surface area contributed by atoms with Crippen LogP contribution in [0, 0.1) is 18.3 Å². The number of amides is 1. The Morgan fingerprint density at radius 1 is 1.52 bits per heavy atom. The molecule has 2 atom stereocenters. The second-order valence-electron chi connectivity index (χ2n) is 7.13. The third-order valence-electron chi connectivity index (χ3n) is 5.46. The Kier molecular flexibility index (Phi) is 4.17. The standard InChI is InChI=1S/C17H24N2O3S/c1-13-3-6-23-15(13)9-18-8-14-10-21-12-17(14,11-18)7-16(20)19-4-2-5-22-19/h3,6,14H,2,4-5,7-12H2,1H3/t14-,17+/m1/s1. The van der Waals surface area contributed by atoms with Gasteiger partial charge in [0.05, 0.1) is 26.4 Å². The molecular weight excluding hydrogens is 312 g/mol. The van der Waals surface area contributed by atoms with Crippen LogP contribution in [0.1, 0.15) is 23.3 Å². The van der Waals surface area contributed by atoms with E-state index in [1.54, 1.807) is 5.06 Å². The van der Waals surface area contributed by atoms with Gasteiger partial charge in [0.2, 0.25) is 5.91 Å². The van der Waals surface area contributed by atoms with E-state index in [0.29, 0.717) is 25.6 Å². The molecule has 1 aromatic rings. The number of carbonyl (C=O) groups is 1. The quantitative estimate of drug-likeness (QED) is 0.844. The van der Waals surface area contributed by atoms with Crippen molar-refractivity contribution >= 4 is 17.2 Å². The number of hydroxylamine groups is 2. The SMILES string of the molecule is Cc1ccsc1CN1C[C@@H]2COC[C@]2(CC(=O)N2CCCO2)C1. The summed E-state index contributed by atoms with van der Waals surface area (Å²) in [7, 11) is 0. The van der Waals surface area contributed by atoms with Crippen molar-refractivity contribution in [2.45, 2.75) is 26.3 Å². The first-order valence-electron chi connectivity index (χ1n) is 8.43. The van der Waals surface area contributed by atoms with E-state index < -0.39 is 0 Å². The van der Waals surface area contributed by atoms with Crippen LogP contribution in [0.5, 0.6) is 0 Å². The van der Waals surface area contributed by atoms with Crippen molar-refractivity contribution < 1.29 is 14.4 Å². The zero-order chi connectivity index (χ0) is 15.9. The average Bonchev–Trinajstić information content (AvgIpc) is 3.25. The summed E-state index contributed by atoms with van der Waals surface area (Å²) in [5.41, 5.74) is 1.35. The van der Waals surface area contributed by atoms with E-state index in [0.717, 1.165) is 39.2 Å². The molecule has 6 heteroatoms. The number of carbonyl (C=O) groups excluding carboxylic acids is 1. The number of ether oxygens (including phenoxy) is 1. The van der Waals surface area contributed by atoms with Crippen molar-refractivity contribution in [3.05, 3.63) is 21.9 Å². The fourth-order valence-electron chi connectivity index (χ4n) is 4.12. The summed E-state index contributed by atoms with van der Waals surface area (Å²) in [5, 5.41) is 3.73. The summed E-state index contributed by atoms with van der Waals surface area (Å²) in [4.78, 5) is 21.9. The summed E-state index contributed by atoms with van der Waals surface area (Å²) in [6.45, 7) is 8.05. The molecule has 0 spiro atoms. The van der Waals surface area contributed by atoms with Crippen molar-refractivity contribution in [3.63, 3.8) is 0 Å². The molecule has 126 valence electrons. The van der Waals surface area contributed by atoms with Crippen molar-refractivity contribution in [3.8, 4) is 0 Å². The molecule has 0 bridgehead atoms. The van der Waals surface area contributed by atoms with Gasteiger partial charge in [-0.3, -0.25) is 14.5 Å². The topological polar surface area (TPSA) is 42.0 Å². The van der Waals surface area contributed by atoms with E-state index in [1.807, 2.05) is 11.3 Å². The van der Waals surface area contributed by atoms with Gasteiger partial charge in [0.15, 0.2) is 0 Å². The second kappa shape index (κ2) is 6.16. The molecule has 3 aliphatic rings. The Bertz CT molecular complexity index is 584. The molecule has 4 rings (SSSR count). The maximum absolute atomic E-state index is 12.5. The maximum atomic E-state index is 12.5. The van der Waals surface area contributed by atoms with E-state index in [4.69, 9.17) is 9.57 Å². The van der Waals surface area contributed by atoms with Gasteiger partial charge in [-0.2, -0.15) is 0 Å². The highest BCUT2D eigenvalue weighted by atomic mass is 32.1. The lowest BCUT2D eigenvalue weighted by atomic mass is 9.78. The molecule has 1 amide bonds. The summed E-state index contributed by atoms with van der Waals surface area (Å²) in [5.74, 6) is 0.599. The third kappa shape index (κ3) is 2.93. The second-order valence-corrected chi connectivity index (χ2v) is 8.13. The van der Waals surface area contributed by atoms with Gasteiger partial charge in [-0.25, -0.2) is 5.06 Å². The minimum Gasteiger partial charge on any atom is -0.380 e. The predicted molar refractivity (Wildman–Crippen MR) is 88.0 cm³/mol. The van der Waals surface area contributed by atoms with Gasteiger partial charge in [0.1, 0.15) is 0 Å². The smallest absolute Gasteiger partial charge is 0.246 e. The predicted octanol–water partition coefficient (Wildman–Crippen LogP) is 2.06. The third-order valence-corrected chi connectivity index (χ3v) is 6.47. The molecule has 0 aromatic carbocycles. The van der Waals surface area contributed by atoms with Crippen molar-refractivity contribution in [1.29, 1.82) is 0 Å². The molecule has 3 aliphatic heterocycles. The normalized spacial score (nSPS) is 31.0. The van der Waals surface area contributed by atoms with Crippen LogP contribution >= 0.6 is 11.3 Å². The monoisotopic (exact) mass is 336 g/mol. The van der Waals surface area contributed by atoms with Gasteiger partial charge in [0.25, 0.3) is 0 Å². The van der Waals surface area contributed by atoms with Crippen molar-refractivity contribution in [1.82, 2.24) is 9.96 Å². The number of hydrogen-bond acceptors (Lipinski definition) is 5. The van der Waals surface area contributed by atoms with Crippen LogP contribution in [0.4, 0.5) is 0 Å². The summed E-state index contributed by atoms with van der Waals surface area (Å²) >= 11 is 1.83.